The molecule has 1 aliphatic rings. The average Bonchev–Trinajstić information content (AvgIpc) is 3.11. The molecule has 1 aromatic carbocycles. The number of hydrogen-bond acceptors (Lipinski definition) is 5. The van der Waals surface area contributed by atoms with E-state index >= 15 is 0 Å². The molecule has 2 aromatic heterocycles. The molecule has 0 N–H and O–H groups in total. The highest BCUT2D eigenvalue weighted by Crippen LogP contribution is 2.23. The number of hydrogen-bond donors (Lipinski definition) is 0. The van der Waals surface area contributed by atoms with Crippen molar-refractivity contribution in [3.63, 3.8) is 0 Å². The minimum absolute atomic E-state index is 0.169. The monoisotopic (exact) mass is 395 g/mol. The van der Waals surface area contributed by atoms with E-state index in [0.29, 0.717) is 22.6 Å². The van der Waals surface area contributed by atoms with Gasteiger partial charge in [-0.1, -0.05) is 42.1 Å². The van der Waals surface area contributed by atoms with Crippen LogP contribution in [0.1, 0.15) is 29.8 Å². The summed E-state index contributed by atoms with van der Waals surface area (Å²) in [4.78, 5) is 23.4. The minimum atomic E-state index is 0.169. The average molecular weight is 396 g/mol. The first-order chi connectivity index (χ1) is 13.6. The smallest absolute Gasteiger partial charge is 0.253 e. The first-order valence-corrected chi connectivity index (χ1v) is 10.7. The van der Waals surface area contributed by atoms with Crippen LogP contribution in [0.5, 0.6) is 0 Å². The van der Waals surface area contributed by atoms with Crippen molar-refractivity contribution in [1.82, 2.24) is 24.5 Å². The normalized spacial score (nSPS) is 15.3. The molecule has 0 atom stereocenters. The molecular formula is C21H25N5OS. The van der Waals surface area contributed by atoms with Crippen LogP contribution >= 0.6 is 11.8 Å². The van der Waals surface area contributed by atoms with E-state index in [1.54, 1.807) is 4.52 Å². The molecule has 28 heavy (non-hydrogen) atoms. The van der Waals surface area contributed by atoms with Crippen molar-refractivity contribution in [1.29, 1.82) is 0 Å². The van der Waals surface area contributed by atoms with E-state index in [1.807, 2.05) is 24.8 Å². The predicted molar refractivity (Wildman–Crippen MR) is 110 cm³/mol. The van der Waals surface area contributed by atoms with Gasteiger partial charge in [-0.15, -0.1) is 5.10 Å². The summed E-state index contributed by atoms with van der Waals surface area (Å²) in [6.45, 7) is 5.61. The van der Waals surface area contributed by atoms with Gasteiger partial charge in [-0.25, -0.2) is 9.50 Å². The summed E-state index contributed by atoms with van der Waals surface area (Å²) in [5.41, 5.74) is 3.30. The van der Waals surface area contributed by atoms with Gasteiger partial charge in [0.15, 0.2) is 0 Å². The Bertz CT molecular complexity index is 964. The van der Waals surface area contributed by atoms with E-state index in [1.165, 1.54) is 17.3 Å². The number of carbonyl (C=O) groups excluding carboxylic acids is 1. The first-order valence-electron chi connectivity index (χ1n) is 9.74. The zero-order chi connectivity index (χ0) is 19.5. The van der Waals surface area contributed by atoms with E-state index in [4.69, 9.17) is 0 Å². The summed E-state index contributed by atoms with van der Waals surface area (Å²) >= 11 is 1.39. The third-order valence-corrected chi connectivity index (χ3v) is 6.08. The number of fused-ring (bicyclic) bond motifs is 1. The van der Waals surface area contributed by atoms with Gasteiger partial charge in [0, 0.05) is 24.5 Å². The number of amides is 1. The number of nitrogens with zero attached hydrogens (tertiary/aromatic N) is 5. The highest BCUT2D eigenvalue weighted by Gasteiger charge is 2.23. The van der Waals surface area contributed by atoms with E-state index in [2.05, 4.69) is 45.4 Å². The van der Waals surface area contributed by atoms with Gasteiger partial charge < -0.3 is 4.90 Å². The second kappa shape index (κ2) is 8.31. The van der Waals surface area contributed by atoms with Crippen LogP contribution in [0.3, 0.4) is 0 Å². The molecule has 3 heterocycles. The molecule has 1 saturated heterocycles. The van der Waals surface area contributed by atoms with Crippen molar-refractivity contribution >= 4 is 23.4 Å². The standard InChI is InChI=1S/C21H25N5OS/c1-15-12-16(2)26-20(22-15)23-21(24-26)28-14-19(27)25-10-8-18(9-11-25)13-17-6-4-3-5-7-17/h3-7,12,18H,8-11,13-14H2,1-2H3. The number of aryl methyl sites for hydroxylation is 2. The lowest BCUT2D eigenvalue weighted by atomic mass is 9.90. The molecule has 0 spiro atoms. The van der Waals surface area contributed by atoms with Crippen molar-refractivity contribution in [2.45, 2.75) is 38.3 Å². The van der Waals surface area contributed by atoms with Crippen LogP contribution in [-0.2, 0) is 11.2 Å². The quantitative estimate of drug-likeness (QED) is 0.620. The molecular weight excluding hydrogens is 370 g/mol. The summed E-state index contributed by atoms with van der Waals surface area (Å²) in [5.74, 6) is 1.80. The SMILES string of the molecule is Cc1cc(C)n2nc(SCC(=O)N3CCC(Cc4ccccc4)CC3)nc2n1. The van der Waals surface area contributed by atoms with Gasteiger partial charge in [-0.3, -0.25) is 4.79 Å². The lowest BCUT2D eigenvalue weighted by Crippen LogP contribution is -2.39. The van der Waals surface area contributed by atoms with Gasteiger partial charge in [0.1, 0.15) is 0 Å². The highest BCUT2D eigenvalue weighted by molar-refractivity contribution is 7.99. The van der Waals surface area contributed by atoms with Gasteiger partial charge in [0.25, 0.3) is 5.78 Å². The van der Waals surface area contributed by atoms with Crippen molar-refractivity contribution in [3.05, 3.63) is 53.3 Å². The fraction of sp³-hybridized carbons (Fsp3) is 0.429. The molecule has 3 aromatic rings. The molecule has 6 nitrogen and oxygen atoms in total. The molecule has 1 amide bonds. The van der Waals surface area contributed by atoms with Gasteiger partial charge in [0.05, 0.1) is 5.75 Å². The number of aromatic nitrogens is 4. The van der Waals surface area contributed by atoms with Crippen molar-refractivity contribution < 1.29 is 4.79 Å². The van der Waals surface area contributed by atoms with Gasteiger partial charge in [-0.2, -0.15) is 4.98 Å². The molecule has 0 radical (unpaired) electrons. The van der Waals surface area contributed by atoms with Crippen molar-refractivity contribution in [2.24, 2.45) is 5.92 Å². The molecule has 0 saturated carbocycles. The Morgan fingerprint density at radius 3 is 2.64 bits per heavy atom. The topological polar surface area (TPSA) is 63.4 Å². The molecule has 7 heteroatoms. The Labute approximate surface area is 169 Å². The Morgan fingerprint density at radius 2 is 1.89 bits per heavy atom. The maximum absolute atomic E-state index is 12.6. The summed E-state index contributed by atoms with van der Waals surface area (Å²) in [6.07, 6.45) is 3.25. The maximum atomic E-state index is 12.6. The number of likely N-dealkylation sites (tertiary alicyclic amines) is 1. The highest BCUT2D eigenvalue weighted by atomic mass is 32.2. The fourth-order valence-corrected chi connectivity index (χ4v) is 4.48. The summed E-state index contributed by atoms with van der Waals surface area (Å²) in [5, 5.41) is 5.07. The summed E-state index contributed by atoms with van der Waals surface area (Å²) in [6, 6.07) is 12.6. The van der Waals surface area contributed by atoms with Crippen LogP contribution in [0.4, 0.5) is 0 Å². The molecule has 0 aliphatic carbocycles. The van der Waals surface area contributed by atoms with E-state index in [0.717, 1.165) is 43.7 Å². The van der Waals surface area contributed by atoms with Crippen LogP contribution in [0.15, 0.2) is 41.6 Å². The molecule has 146 valence electrons. The third-order valence-electron chi connectivity index (χ3n) is 5.26. The Kier molecular flexibility index (Phi) is 5.62. The number of benzene rings is 1. The molecule has 0 bridgehead atoms. The number of rotatable bonds is 5. The number of carbonyl (C=O) groups is 1. The van der Waals surface area contributed by atoms with Gasteiger partial charge in [-0.05, 0) is 50.7 Å². The third kappa shape index (κ3) is 4.35. The maximum Gasteiger partial charge on any atom is 0.253 e. The van der Waals surface area contributed by atoms with Crippen LogP contribution < -0.4 is 0 Å². The Morgan fingerprint density at radius 1 is 1.14 bits per heavy atom. The zero-order valence-corrected chi connectivity index (χ0v) is 17.2. The minimum Gasteiger partial charge on any atom is -0.342 e. The van der Waals surface area contributed by atoms with Gasteiger partial charge in [0.2, 0.25) is 11.1 Å². The lowest BCUT2D eigenvalue weighted by molar-refractivity contribution is -0.129. The lowest BCUT2D eigenvalue weighted by Gasteiger charge is -2.32. The van der Waals surface area contributed by atoms with E-state index in [9.17, 15) is 4.79 Å². The Hall–Kier alpha value is -2.41. The first kappa shape index (κ1) is 18.9. The molecule has 1 aliphatic heterocycles. The van der Waals surface area contributed by atoms with Crippen molar-refractivity contribution in [3.8, 4) is 0 Å². The Balaban J connectivity index is 1.28. The predicted octanol–water partition coefficient (Wildman–Crippen LogP) is 3.31. The zero-order valence-electron chi connectivity index (χ0n) is 16.3. The van der Waals surface area contributed by atoms with E-state index < -0.39 is 0 Å². The van der Waals surface area contributed by atoms with Crippen LogP contribution in [0.25, 0.3) is 5.78 Å². The van der Waals surface area contributed by atoms with E-state index in [-0.39, 0.29) is 5.91 Å². The van der Waals surface area contributed by atoms with Crippen LogP contribution in [0.2, 0.25) is 0 Å². The fourth-order valence-electron chi connectivity index (χ4n) is 3.76. The number of piperidine rings is 1. The molecule has 1 fully saturated rings. The second-order valence-corrected chi connectivity index (χ2v) is 8.39. The molecule has 4 rings (SSSR count). The summed E-state index contributed by atoms with van der Waals surface area (Å²) < 4.78 is 1.73. The largest absolute Gasteiger partial charge is 0.342 e. The number of thioether (sulfide) groups is 1. The van der Waals surface area contributed by atoms with Gasteiger partial charge >= 0.3 is 0 Å². The molecule has 0 unspecified atom stereocenters. The second-order valence-electron chi connectivity index (χ2n) is 7.45. The van der Waals surface area contributed by atoms with Crippen molar-refractivity contribution in [2.75, 3.05) is 18.8 Å². The van der Waals surface area contributed by atoms with Crippen LogP contribution in [-0.4, -0.2) is 49.2 Å². The summed E-state index contributed by atoms with van der Waals surface area (Å²) in [7, 11) is 0. The van der Waals surface area contributed by atoms with Crippen LogP contribution in [0, 0.1) is 19.8 Å².